The average Bonchev–Trinajstić information content (AvgIpc) is 2.28. The van der Waals surface area contributed by atoms with Crippen molar-refractivity contribution >= 4 is 21.9 Å². The summed E-state index contributed by atoms with van der Waals surface area (Å²) in [5.41, 5.74) is 0.904. The van der Waals surface area contributed by atoms with Crippen molar-refractivity contribution in [1.82, 2.24) is 4.98 Å². The van der Waals surface area contributed by atoms with E-state index >= 15 is 0 Å². The fourth-order valence-electron chi connectivity index (χ4n) is 1.44. The highest BCUT2D eigenvalue weighted by molar-refractivity contribution is 9.10. The Morgan fingerprint density at radius 3 is 2.78 bits per heavy atom. The first-order valence-electron chi connectivity index (χ1n) is 5.20. The molecule has 18 heavy (non-hydrogen) atoms. The summed E-state index contributed by atoms with van der Waals surface area (Å²) >= 11 is 3.28. The average molecular weight is 308 g/mol. The Balaban J connectivity index is 2.39. The molecule has 0 bridgehead atoms. The quantitative estimate of drug-likeness (QED) is 0.940. The number of pyridine rings is 1. The van der Waals surface area contributed by atoms with E-state index in [1.807, 2.05) is 13.0 Å². The van der Waals surface area contributed by atoms with Gasteiger partial charge in [0.2, 0.25) is 5.88 Å². The smallest absolute Gasteiger partial charge is 0.339 e. The summed E-state index contributed by atoms with van der Waals surface area (Å²) in [7, 11) is 0. The van der Waals surface area contributed by atoms with Gasteiger partial charge in [0.05, 0.1) is 0 Å². The lowest BCUT2D eigenvalue weighted by Gasteiger charge is -2.08. The van der Waals surface area contributed by atoms with Crippen molar-refractivity contribution in [3.63, 3.8) is 0 Å². The molecule has 1 heterocycles. The third kappa shape index (κ3) is 2.87. The molecular formula is C13H10BrNO3. The summed E-state index contributed by atoms with van der Waals surface area (Å²) in [5, 5.41) is 9.07. The van der Waals surface area contributed by atoms with Crippen LogP contribution in [0.1, 0.15) is 16.1 Å². The van der Waals surface area contributed by atoms with E-state index in [0.29, 0.717) is 5.88 Å². The minimum atomic E-state index is -1.04. The predicted octanol–water partition coefficient (Wildman–Crippen LogP) is 3.64. The standard InChI is InChI=1S/C13H10BrNO3/c1-8-3-2-4-12(15-8)18-11-7-9(14)5-6-10(11)13(16)17/h2-7H,1H3,(H,16,17). The number of carboxylic acid groups (broad SMARTS) is 1. The van der Waals surface area contributed by atoms with E-state index in [4.69, 9.17) is 9.84 Å². The number of benzene rings is 1. The molecule has 1 aromatic carbocycles. The van der Waals surface area contributed by atoms with E-state index in [1.54, 1.807) is 24.3 Å². The van der Waals surface area contributed by atoms with E-state index in [0.717, 1.165) is 10.2 Å². The topological polar surface area (TPSA) is 59.4 Å². The minimum Gasteiger partial charge on any atom is -0.478 e. The first kappa shape index (κ1) is 12.6. The van der Waals surface area contributed by atoms with E-state index in [1.165, 1.54) is 6.07 Å². The Morgan fingerprint density at radius 1 is 1.33 bits per heavy atom. The van der Waals surface area contributed by atoms with E-state index in [9.17, 15) is 4.79 Å². The number of hydrogen-bond donors (Lipinski definition) is 1. The maximum absolute atomic E-state index is 11.1. The molecule has 4 nitrogen and oxygen atoms in total. The zero-order valence-corrected chi connectivity index (χ0v) is 11.1. The number of carbonyl (C=O) groups is 1. The van der Waals surface area contributed by atoms with Gasteiger partial charge < -0.3 is 9.84 Å². The van der Waals surface area contributed by atoms with E-state index < -0.39 is 5.97 Å². The first-order valence-corrected chi connectivity index (χ1v) is 6.00. The van der Waals surface area contributed by atoms with Crippen LogP contribution >= 0.6 is 15.9 Å². The molecule has 0 unspecified atom stereocenters. The SMILES string of the molecule is Cc1cccc(Oc2cc(Br)ccc2C(=O)O)n1. The van der Waals surface area contributed by atoms with Gasteiger partial charge in [0, 0.05) is 16.2 Å². The second-order valence-corrected chi connectivity index (χ2v) is 4.58. The molecule has 0 aliphatic rings. The van der Waals surface area contributed by atoms with Crippen molar-refractivity contribution in [3.05, 3.63) is 52.1 Å². The van der Waals surface area contributed by atoms with Gasteiger partial charge in [-0.15, -0.1) is 0 Å². The number of rotatable bonds is 3. The Bertz CT molecular complexity index is 599. The van der Waals surface area contributed by atoms with Crippen molar-refractivity contribution in [3.8, 4) is 11.6 Å². The van der Waals surface area contributed by atoms with Gasteiger partial charge >= 0.3 is 5.97 Å². The zero-order chi connectivity index (χ0) is 13.1. The minimum absolute atomic E-state index is 0.0986. The van der Waals surface area contributed by atoms with Gasteiger partial charge in [0.1, 0.15) is 11.3 Å². The number of carboxylic acids is 1. The van der Waals surface area contributed by atoms with Crippen LogP contribution < -0.4 is 4.74 Å². The van der Waals surface area contributed by atoms with Crippen LogP contribution in [-0.2, 0) is 0 Å². The molecule has 0 amide bonds. The molecule has 1 aromatic heterocycles. The number of hydrogen-bond acceptors (Lipinski definition) is 3. The van der Waals surface area contributed by atoms with E-state index in [2.05, 4.69) is 20.9 Å². The van der Waals surface area contributed by atoms with Crippen molar-refractivity contribution in [2.45, 2.75) is 6.92 Å². The highest BCUT2D eigenvalue weighted by atomic mass is 79.9. The zero-order valence-electron chi connectivity index (χ0n) is 9.55. The molecule has 2 rings (SSSR count). The molecular weight excluding hydrogens is 298 g/mol. The largest absolute Gasteiger partial charge is 0.478 e. The number of ether oxygens (including phenoxy) is 1. The molecule has 0 fully saturated rings. The van der Waals surface area contributed by atoms with E-state index in [-0.39, 0.29) is 11.3 Å². The summed E-state index contributed by atoms with van der Waals surface area (Å²) in [6.45, 7) is 1.84. The second-order valence-electron chi connectivity index (χ2n) is 3.66. The van der Waals surface area contributed by atoms with Crippen LogP contribution in [0.25, 0.3) is 0 Å². The molecule has 5 heteroatoms. The van der Waals surface area contributed by atoms with Crippen molar-refractivity contribution < 1.29 is 14.6 Å². The fourth-order valence-corrected chi connectivity index (χ4v) is 1.78. The molecule has 0 saturated carbocycles. The number of halogens is 1. The van der Waals surface area contributed by atoms with Crippen LogP contribution in [0.5, 0.6) is 11.6 Å². The van der Waals surface area contributed by atoms with Crippen LogP contribution in [0.2, 0.25) is 0 Å². The maximum atomic E-state index is 11.1. The highest BCUT2D eigenvalue weighted by Gasteiger charge is 2.12. The maximum Gasteiger partial charge on any atom is 0.339 e. The lowest BCUT2D eigenvalue weighted by Crippen LogP contribution is -2.00. The summed E-state index contributed by atoms with van der Waals surface area (Å²) in [4.78, 5) is 15.2. The van der Waals surface area contributed by atoms with Crippen molar-refractivity contribution in [2.75, 3.05) is 0 Å². The lowest BCUT2D eigenvalue weighted by atomic mass is 10.2. The summed E-state index contributed by atoms with van der Waals surface area (Å²) in [6.07, 6.45) is 0. The van der Waals surface area contributed by atoms with Gasteiger partial charge in [-0.05, 0) is 31.2 Å². The number of aromatic nitrogens is 1. The Kier molecular flexibility index (Phi) is 3.62. The summed E-state index contributed by atoms with van der Waals surface area (Å²) in [5.74, 6) is -0.407. The molecule has 0 atom stereocenters. The number of aromatic carboxylic acids is 1. The normalized spacial score (nSPS) is 10.1. The van der Waals surface area contributed by atoms with Gasteiger partial charge in [-0.3, -0.25) is 0 Å². The Morgan fingerprint density at radius 2 is 2.11 bits per heavy atom. The van der Waals surface area contributed by atoms with Gasteiger partial charge in [0.15, 0.2) is 0 Å². The van der Waals surface area contributed by atoms with Crippen LogP contribution in [-0.4, -0.2) is 16.1 Å². The Labute approximate surface area is 112 Å². The fraction of sp³-hybridized carbons (Fsp3) is 0.0769. The molecule has 0 spiro atoms. The van der Waals surface area contributed by atoms with Gasteiger partial charge in [-0.1, -0.05) is 22.0 Å². The Hall–Kier alpha value is -1.88. The van der Waals surface area contributed by atoms with Gasteiger partial charge in [-0.2, -0.15) is 0 Å². The molecule has 0 aliphatic heterocycles. The first-order chi connectivity index (χ1) is 8.56. The third-order valence-corrected chi connectivity index (χ3v) is 2.74. The number of aryl methyl sites for hydroxylation is 1. The van der Waals surface area contributed by atoms with Crippen LogP contribution in [0.3, 0.4) is 0 Å². The number of nitrogens with zero attached hydrogens (tertiary/aromatic N) is 1. The van der Waals surface area contributed by atoms with Crippen LogP contribution in [0, 0.1) is 6.92 Å². The predicted molar refractivity (Wildman–Crippen MR) is 70.1 cm³/mol. The molecule has 0 saturated heterocycles. The molecule has 2 aromatic rings. The van der Waals surface area contributed by atoms with Crippen LogP contribution in [0.4, 0.5) is 0 Å². The molecule has 0 radical (unpaired) electrons. The molecule has 0 aliphatic carbocycles. The molecule has 1 N–H and O–H groups in total. The van der Waals surface area contributed by atoms with Gasteiger partial charge in [0.25, 0.3) is 0 Å². The van der Waals surface area contributed by atoms with Crippen molar-refractivity contribution in [1.29, 1.82) is 0 Å². The summed E-state index contributed by atoms with van der Waals surface area (Å²) < 4.78 is 6.26. The third-order valence-electron chi connectivity index (χ3n) is 2.25. The monoisotopic (exact) mass is 307 g/mol. The lowest BCUT2D eigenvalue weighted by molar-refractivity contribution is 0.0694. The van der Waals surface area contributed by atoms with Crippen LogP contribution in [0.15, 0.2) is 40.9 Å². The van der Waals surface area contributed by atoms with Crippen molar-refractivity contribution in [2.24, 2.45) is 0 Å². The molecule has 92 valence electrons. The summed E-state index contributed by atoms with van der Waals surface area (Å²) in [6, 6.07) is 10.1. The highest BCUT2D eigenvalue weighted by Crippen LogP contribution is 2.27. The second kappa shape index (κ2) is 5.18. The van der Waals surface area contributed by atoms with Gasteiger partial charge in [-0.25, -0.2) is 9.78 Å².